The van der Waals surface area contributed by atoms with Gasteiger partial charge < -0.3 is 9.47 Å². The summed E-state index contributed by atoms with van der Waals surface area (Å²) in [7, 11) is 0. The molecule has 0 N–H and O–H groups in total. The summed E-state index contributed by atoms with van der Waals surface area (Å²) in [5.74, 6) is 4.27. The molecule has 0 saturated heterocycles. The minimum Gasteiger partial charge on any atom is -0.457 e. The third kappa shape index (κ3) is 10.5. The van der Waals surface area contributed by atoms with E-state index in [-0.39, 0.29) is 0 Å². The van der Waals surface area contributed by atoms with Crippen molar-refractivity contribution in [2.45, 2.75) is 10.8 Å². The van der Waals surface area contributed by atoms with Gasteiger partial charge in [-0.05, 0) is 177 Å². The van der Waals surface area contributed by atoms with Crippen molar-refractivity contribution >= 4 is 96.5 Å². The van der Waals surface area contributed by atoms with Crippen LogP contribution in [0.3, 0.4) is 0 Å². The highest BCUT2D eigenvalue weighted by molar-refractivity contribution is 7.26. The molecule has 0 unspecified atom stereocenters. The van der Waals surface area contributed by atoms with Crippen LogP contribution in [-0.4, -0.2) is 19.9 Å². The number of aromatic nitrogens is 4. The first-order chi connectivity index (χ1) is 62.0. The molecule has 2 spiro atoms. The van der Waals surface area contributed by atoms with Crippen LogP contribution in [0.15, 0.2) is 425 Å². The molecule has 125 heavy (non-hydrogen) atoms. The average Bonchev–Trinajstić information content (AvgIpc) is 1.53. The van der Waals surface area contributed by atoms with Gasteiger partial charge in [-0.2, -0.15) is 0 Å². The average molecular weight is 1610 g/mol. The van der Waals surface area contributed by atoms with E-state index in [0.29, 0.717) is 5.82 Å². The summed E-state index contributed by atoms with van der Waals surface area (Å²) < 4.78 is 15.6. The molecule has 4 aliphatic rings. The number of para-hydroxylation sites is 4. The van der Waals surface area contributed by atoms with Gasteiger partial charge in [0.2, 0.25) is 0 Å². The van der Waals surface area contributed by atoms with Crippen molar-refractivity contribution < 1.29 is 9.47 Å². The van der Waals surface area contributed by atoms with E-state index in [1.165, 1.54) is 104 Å². The molecule has 6 heterocycles. The largest absolute Gasteiger partial charge is 0.457 e. The van der Waals surface area contributed by atoms with E-state index >= 15 is 0 Å². The number of hydrogen-bond donors (Lipinski definition) is 0. The minimum absolute atomic E-state index is 0.574. The zero-order valence-corrected chi connectivity index (χ0v) is 68.2. The first-order valence-corrected chi connectivity index (χ1v) is 43.5. The van der Waals surface area contributed by atoms with Crippen molar-refractivity contribution in [2.75, 3.05) is 0 Å². The summed E-state index contributed by atoms with van der Waals surface area (Å²) in [6.07, 6.45) is 0. The fraction of sp³-hybridized carbons (Fsp3) is 0.0169. The predicted octanol–water partition coefficient (Wildman–Crippen LogP) is 30.8. The zero-order chi connectivity index (χ0) is 82.0. The van der Waals surface area contributed by atoms with E-state index in [4.69, 9.17) is 29.4 Å². The van der Waals surface area contributed by atoms with E-state index < -0.39 is 10.8 Å². The summed E-state index contributed by atoms with van der Waals surface area (Å²) in [6.45, 7) is 0. The van der Waals surface area contributed by atoms with Crippen molar-refractivity contribution in [2.24, 2.45) is 0 Å². The van der Waals surface area contributed by atoms with E-state index in [2.05, 4.69) is 406 Å². The van der Waals surface area contributed by atoms with Gasteiger partial charge in [-0.15, -0.1) is 11.3 Å². The number of rotatable bonds is 7. The van der Waals surface area contributed by atoms with Gasteiger partial charge >= 0.3 is 0 Å². The lowest BCUT2D eigenvalue weighted by atomic mass is 9.66. The maximum Gasteiger partial charge on any atom is 0.160 e. The third-order valence-electron chi connectivity index (χ3n) is 26.6. The zero-order valence-electron chi connectivity index (χ0n) is 67.4. The van der Waals surface area contributed by atoms with Gasteiger partial charge in [0.05, 0.1) is 49.2 Å². The van der Waals surface area contributed by atoms with Crippen LogP contribution in [0.4, 0.5) is 0 Å². The first-order valence-electron chi connectivity index (χ1n) is 42.7. The summed E-state index contributed by atoms with van der Waals surface area (Å²) >= 11 is 1.75. The molecule has 2 aliphatic heterocycles. The maximum atomic E-state index is 6.69. The van der Waals surface area contributed by atoms with Crippen LogP contribution in [0.5, 0.6) is 23.0 Å². The van der Waals surface area contributed by atoms with E-state index in [1.54, 1.807) is 11.3 Å². The maximum absolute atomic E-state index is 6.69. The van der Waals surface area contributed by atoms with Crippen LogP contribution in [0.1, 0.15) is 44.5 Å². The molecule has 7 heteroatoms. The number of benzene rings is 19. The van der Waals surface area contributed by atoms with Crippen molar-refractivity contribution in [3.05, 3.63) is 469 Å². The second-order valence-corrected chi connectivity index (χ2v) is 34.2. The first kappa shape index (κ1) is 70.8. The lowest BCUT2D eigenvalue weighted by Gasteiger charge is -2.39. The SMILES string of the molecule is c1ccc(-c2ccc(-c3c4ccccc4c(-c4ccc5c(c4)nc(-c4ccccc4)c4cc6c(cc45)C4(c5ccccc5Oc5ccccc54)c4ccccc4-6)c4ccccc34)cc2)cc1.c1ccc(-c2nc(-c3ccc4c(c3)nc(-c3ccccc3)c3cc5c(cc34)C3(c4ccccc4Oc4ccccc43)c3ccccc3-5)c3sc4ccccc4c3n2)cc1. The molecule has 0 amide bonds. The smallest absolute Gasteiger partial charge is 0.160 e. The fourth-order valence-electron chi connectivity index (χ4n) is 21.3. The normalized spacial score (nSPS) is 13.2. The summed E-state index contributed by atoms with van der Waals surface area (Å²) in [4.78, 5) is 21.7. The minimum atomic E-state index is -0.574. The molecule has 0 atom stereocenters. The Morgan fingerprint density at radius 1 is 0.200 bits per heavy atom. The molecule has 0 fully saturated rings. The third-order valence-corrected chi connectivity index (χ3v) is 27.8. The number of fused-ring (bicyclic) bond motifs is 29. The molecule has 2 aliphatic carbocycles. The fourth-order valence-corrected chi connectivity index (χ4v) is 22.5. The number of pyridine rings is 2. The van der Waals surface area contributed by atoms with Crippen molar-refractivity contribution in [1.29, 1.82) is 0 Å². The molecule has 6 nitrogen and oxygen atoms in total. The Kier molecular flexibility index (Phi) is 15.7. The Morgan fingerprint density at radius 3 is 1.02 bits per heavy atom. The monoisotopic (exact) mass is 1610 g/mol. The molecule has 27 rings (SSSR count). The van der Waals surface area contributed by atoms with Gasteiger partial charge in [0, 0.05) is 76.1 Å². The summed E-state index contributed by atoms with van der Waals surface area (Å²) in [5.41, 5.74) is 30.6. The molecule has 0 bridgehead atoms. The molecule has 0 saturated carbocycles. The molecule has 4 aromatic heterocycles. The summed E-state index contributed by atoms with van der Waals surface area (Å²) in [5, 5.41) is 12.9. The van der Waals surface area contributed by atoms with E-state index in [1.807, 2.05) is 18.2 Å². The molecule has 19 aromatic carbocycles. The molecular formula is C118H70N4O2S. The summed E-state index contributed by atoms with van der Waals surface area (Å²) in [6, 6.07) is 153. The van der Waals surface area contributed by atoms with Crippen LogP contribution >= 0.6 is 11.3 Å². The van der Waals surface area contributed by atoms with Gasteiger partial charge in [-0.3, -0.25) is 0 Å². The number of ether oxygens (including phenoxy) is 2. The number of hydrogen-bond acceptors (Lipinski definition) is 7. The van der Waals surface area contributed by atoms with E-state index in [9.17, 15) is 0 Å². The molecule has 0 radical (unpaired) electrons. The van der Waals surface area contributed by atoms with Crippen molar-refractivity contribution in [1.82, 2.24) is 19.9 Å². The molecule has 23 aromatic rings. The van der Waals surface area contributed by atoms with Crippen molar-refractivity contribution in [3.8, 4) is 124 Å². The quantitative estimate of drug-likeness (QED) is 0.117. The van der Waals surface area contributed by atoms with Crippen LogP contribution in [0, 0.1) is 0 Å². The highest BCUT2D eigenvalue weighted by Crippen LogP contribution is 2.66. The Balaban J connectivity index is 0.000000134. The predicted molar refractivity (Wildman–Crippen MR) is 515 cm³/mol. The standard InChI is InChI=1S/C64H39NO.C54H31N3OS/c1-3-17-40(18-4-1)41-31-33-42(34-32-41)61-47-22-7-9-24-49(47)62(50-25-10-8-23-48(50)61)44-35-36-46-51-39-57-52(38-53(51)63(65-58(46)37-44)43-19-5-2-6-20-43)45-21-11-12-26-54(45)64(57)55-27-13-15-29-59(55)66-60-30-16-14-28-56(60)64;1-3-15-32(16-4-1)49-40-30-39-35-19-7-9-21-41(35)54(42-22-10-12-24-46(42)58-47-25-13-11-23-43(47)54)44(39)31-38(40)36-28-27-34(29-45(36)55-49)50-52-51(37-20-8-14-26-48(37)59-52)57-53(56-50)33-17-5-2-6-18-33/h1-39H;1-31H. The Labute approximate surface area is 724 Å². The molecular weight excluding hydrogens is 1540 g/mol. The van der Waals surface area contributed by atoms with Gasteiger partial charge in [-0.25, -0.2) is 19.9 Å². The van der Waals surface area contributed by atoms with Gasteiger partial charge in [-0.1, -0.05) is 358 Å². The van der Waals surface area contributed by atoms with E-state index in [0.717, 1.165) is 144 Å². The Bertz CT molecular complexity index is 8330. The van der Waals surface area contributed by atoms with Crippen LogP contribution in [0.25, 0.3) is 186 Å². The van der Waals surface area contributed by atoms with Crippen LogP contribution in [-0.2, 0) is 10.8 Å². The highest BCUT2D eigenvalue weighted by Gasteiger charge is 2.53. The second-order valence-electron chi connectivity index (χ2n) is 33.1. The second kappa shape index (κ2) is 27.7. The van der Waals surface area contributed by atoms with Gasteiger partial charge in [0.15, 0.2) is 5.82 Å². The highest BCUT2D eigenvalue weighted by atomic mass is 32.1. The topological polar surface area (TPSA) is 70.0 Å². The van der Waals surface area contributed by atoms with Gasteiger partial charge in [0.1, 0.15) is 23.0 Å². The van der Waals surface area contributed by atoms with Crippen LogP contribution in [0.2, 0.25) is 0 Å². The number of nitrogens with zero attached hydrogens (tertiary/aromatic N) is 4. The lowest BCUT2D eigenvalue weighted by Crippen LogP contribution is -2.32. The number of thiophene rings is 1. The van der Waals surface area contributed by atoms with Crippen molar-refractivity contribution in [3.63, 3.8) is 0 Å². The lowest BCUT2D eigenvalue weighted by molar-refractivity contribution is 0.436. The Morgan fingerprint density at radius 2 is 0.552 bits per heavy atom. The van der Waals surface area contributed by atoms with Gasteiger partial charge in [0.25, 0.3) is 0 Å². The molecule has 580 valence electrons. The Hall–Kier alpha value is -16.1. The van der Waals surface area contributed by atoms with Crippen LogP contribution < -0.4 is 9.47 Å².